The van der Waals surface area contributed by atoms with Gasteiger partial charge in [-0.2, -0.15) is 5.10 Å². The van der Waals surface area contributed by atoms with Crippen molar-refractivity contribution in [2.24, 2.45) is 11.0 Å². The molecule has 6 nitrogen and oxygen atoms in total. The molecule has 0 saturated carbocycles. The molecule has 2 amide bonds. The molecule has 1 heterocycles. The van der Waals surface area contributed by atoms with Crippen molar-refractivity contribution in [3.05, 3.63) is 65.2 Å². The number of fused-ring (bicyclic) bond motifs is 2. The van der Waals surface area contributed by atoms with E-state index in [-0.39, 0.29) is 17.7 Å². The number of nitrogens with zero attached hydrogens (tertiary/aromatic N) is 1. The molecular formula is C21H20N4O2. The normalized spacial score (nSPS) is 18.1. The maximum atomic E-state index is 12.8. The molecule has 0 bridgehead atoms. The molecule has 136 valence electrons. The van der Waals surface area contributed by atoms with Gasteiger partial charge in [-0.1, -0.05) is 30.8 Å². The fourth-order valence-corrected chi connectivity index (χ4v) is 3.73. The third kappa shape index (κ3) is 3.21. The second kappa shape index (κ2) is 6.72. The molecular weight excluding hydrogens is 340 g/mol. The van der Waals surface area contributed by atoms with Crippen LogP contribution in [-0.4, -0.2) is 18.0 Å². The lowest BCUT2D eigenvalue weighted by molar-refractivity contribution is -0.120. The Morgan fingerprint density at radius 2 is 2.04 bits per heavy atom. The van der Waals surface area contributed by atoms with E-state index in [4.69, 9.17) is 5.73 Å². The third-order valence-corrected chi connectivity index (χ3v) is 5.11. The topological polar surface area (TPSA) is 96.6 Å². The lowest BCUT2D eigenvalue weighted by Gasteiger charge is -2.24. The Kier molecular flexibility index (Phi) is 4.24. The second-order valence-electron chi connectivity index (χ2n) is 6.91. The Labute approximate surface area is 157 Å². The number of hydrazone groups is 1. The van der Waals surface area contributed by atoms with Gasteiger partial charge in [0.15, 0.2) is 0 Å². The lowest BCUT2D eigenvalue weighted by atomic mass is 9.83. The maximum Gasteiger partial charge on any atom is 0.272 e. The monoisotopic (exact) mass is 360 g/mol. The van der Waals surface area contributed by atoms with E-state index < -0.39 is 0 Å². The van der Waals surface area contributed by atoms with E-state index in [0.717, 1.165) is 12.8 Å². The first-order chi connectivity index (χ1) is 13.0. The van der Waals surface area contributed by atoms with Crippen LogP contribution in [0.2, 0.25) is 0 Å². The zero-order valence-electron chi connectivity index (χ0n) is 14.8. The van der Waals surface area contributed by atoms with Crippen LogP contribution < -0.4 is 16.5 Å². The zero-order valence-corrected chi connectivity index (χ0v) is 14.8. The molecule has 6 heteroatoms. The van der Waals surface area contributed by atoms with Gasteiger partial charge in [-0.15, -0.1) is 0 Å². The number of nitrogens with two attached hydrogens (primary N) is 1. The summed E-state index contributed by atoms with van der Waals surface area (Å²) in [5.74, 6) is -0.547. The number of nitrogen functional groups attached to an aromatic ring is 1. The van der Waals surface area contributed by atoms with Gasteiger partial charge in [0.05, 0.1) is 11.8 Å². The average molecular weight is 360 g/mol. The summed E-state index contributed by atoms with van der Waals surface area (Å²) in [6.07, 6.45) is 3.86. The highest BCUT2D eigenvalue weighted by molar-refractivity contribution is 6.18. The van der Waals surface area contributed by atoms with Crippen molar-refractivity contribution in [2.45, 2.75) is 19.3 Å². The highest BCUT2D eigenvalue weighted by Gasteiger charge is 2.25. The van der Waals surface area contributed by atoms with Crippen molar-refractivity contribution < 1.29 is 9.59 Å². The van der Waals surface area contributed by atoms with Crippen molar-refractivity contribution >= 4 is 35.0 Å². The summed E-state index contributed by atoms with van der Waals surface area (Å²) in [7, 11) is 0. The van der Waals surface area contributed by atoms with Crippen molar-refractivity contribution in [1.29, 1.82) is 0 Å². The highest BCUT2D eigenvalue weighted by atomic mass is 16.2. The molecule has 0 fully saturated rings. The van der Waals surface area contributed by atoms with Gasteiger partial charge in [0.1, 0.15) is 0 Å². The van der Waals surface area contributed by atoms with Crippen LogP contribution in [0.5, 0.6) is 0 Å². The summed E-state index contributed by atoms with van der Waals surface area (Å²) in [6.45, 7) is 3.89. The van der Waals surface area contributed by atoms with Crippen LogP contribution in [-0.2, 0) is 17.6 Å². The number of benzene rings is 2. The summed E-state index contributed by atoms with van der Waals surface area (Å²) < 4.78 is 0. The van der Waals surface area contributed by atoms with Gasteiger partial charge in [-0.3, -0.25) is 9.59 Å². The summed E-state index contributed by atoms with van der Waals surface area (Å²) >= 11 is 0. The van der Waals surface area contributed by atoms with E-state index in [9.17, 15) is 9.59 Å². The minimum absolute atomic E-state index is 0.0621. The molecule has 1 aliphatic carbocycles. The van der Waals surface area contributed by atoms with Gasteiger partial charge < -0.3 is 11.1 Å². The SMILES string of the molecule is C=C1C=NNC(=O)c2cc(NC(=O)C3CCc4ccccc4C3)cc(N)c21. The molecule has 2 aromatic carbocycles. The Balaban J connectivity index is 1.57. The van der Waals surface area contributed by atoms with Gasteiger partial charge in [-0.05, 0) is 48.1 Å². The van der Waals surface area contributed by atoms with E-state index in [1.807, 2.05) is 12.1 Å². The quantitative estimate of drug-likeness (QED) is 0.719. The largest absolute Gasteiger partial charge is 0.398 e. The first-order valence-electron chi connectivity index (χ1n) is 8.87. The van der Waals surface area contributed by atoms with Crippen molar-refractivity contribution in [3.63, 3.8) is 0 Å². The molecule has 2 aliphatic rings. The number of rotatable bonds is 2. The number of nitrogens with one attached hydrogen (secondary N) is 2. The van der Waals surface area contributed by atoms with Gasteiger partial charge in [0.2, 0.25) is 5.91 Å². The smallest absolute Gasteiger partial charge is 0.272 e. The molecule has 4 N–H and O–H groups in total. The number of carbonyl (C=O) groups excluding carboxylic acids is 2. The molecule has 0 radical (unpaired) electrons. The minimum Gasteiger partial charge on any atom is -0.398 e. The molecule has 0 saturated heterocycles. The molecule has 1 aliphatic heterocycles. The van der Waals surface area contributed by atoms with E-state index in [2.05, 4.69) is 34.6 Å². The van der Waals surface area contributed by atoms with Gasteiger partial charge >= 0.3 is 0 Å². The Morgan fingerprint density at radius 3 is 2.85 bits per heavy atom. The van der Waals surface area contributed by atoms with E-state index in [0.29, 0.717) is 34.5 Å². The summed E-state index contributed by atoms with van der Waals surface area (Å²) in [6, 6.07) is 11.5. The first kappa shape index (κ1) is 17.0. The molecule has 27 heavy (non-hydrogen) atoms. The number of hydrogen-bond acceptors (Lipinski definition) is 4. The van der Waals surface area contributed by atoms with Crippen LogP contribution in [0.15, 0.2) is 48.1 Å². The van der Waals surface area contributed by atoms with Crippen molar-refractivity contribution in [1.82, 2.24) is 5.43 Å². The third-order valence-electron chi connectivity index (χ3n) is 5.11. The molecule has 1 unspecified atom stereocenters. The summed E-state index contributed by atoms with van der Waals surface area (Å²) in [5.41, 5.74) is 13.4. The fraction of sp³-hybridized carbons (Fsp3) is 0.190. The molecule has 4 rings (SSSR count). The van der Waals surface area contributed by atoms with Crippen molar-refractivity contribution in [3.8, 4) is 0 Å². The van der Waals surface area contributed by atoms with Crippen LogP contribution >= 0.6 is 0 Å². The number of amides is 2. The lowest BCUT2D eigenvalue weighted by Crippen LogP contribution is -2.28. The summed E-state index contributed by atoms with van der Waals surface area (Å²) in [4.78, 5) is 25.0. The predicted molar refractivity (Wildman–Crippen MR) is 106 cm³/mol. The zero-order chi connectivity index (χ0) is 19.0. The molecule has 0 spiro atoms. The van der Waals surface area contributed by atoms with Crippen LogP contribution in [0.1, 0.15) is 33.5 Å². The molecule has 2 aromatic rings. The number of carbonyl (C=O) groups is 2. The molecule has 0 aromatic heterocycles. The fourth-order valence-electron chi connectivity index (χ4n) is 3.73. The van der Waals surface area contributed by atoms with E-state index in [1.54, 1.807) is 12.1 Å². The highest BCUT2D eigenvalue weighted by Crippen LogP contribution is 2.31. The van der Waals surface area contributed by atoms with Crippen LogP contribution in [0.3, 0.4) is 0 Å². The minimum atomic E-state index is -0.380. The van der Waals surface area contributed by atoms with Crippen LogP contribution in [0, 0.1) is 5.92 Å². The van der Waals surface area contributed by atoms with Crippen LogP contribution in [0.4, 0.5) is 11.4 Å². The van der Waals surface area contributed by atoms with Gasteiger partial charge in [0.25, 0.3) is 5.91 Å². The van der Waals surface area contributed by atoms with E-state index in [1.165, 1.54) is 17.3 Å². The van der Waals surface area contributed by atoms with Crippen LogP contribution in [0.25, 0.3) is 5.57 Å². The summed E-state index contributed by atoms with van der Waals surface area (Å²) in [5, 5.41) is 6.73. The average Bonchev–Trinajstić information content (AvgIpc) is 2.80. The Hall–Kier alpha value is -3.41. The van der Waals surface area contributed by atoms with Crippen molar-refractivity contribution in [2.75, 3.05) is 11.1 Å². The second-order valence-corrected chi connectivity index (χ2v) is 6.91. The molecule has 1 atom stereocenters. The Morgan fingerprint density at radius 1 is 1.26 bits per heavy atom. The standard InChI is InChI=1S/C21H20N4O2/c1-12-11-23-25-21(27)17-9-16(10-18(22)19(12)17)24-20(26)15-7-6-13-4-2-3-5-14(13)8-15/h2-5,9-11,15H,1,6-8,22H2,(H,24,26)(H,25,27). The first-order valence-corrected chi connectivity index (χ1v) is 8.87. The van der Waals surface area contributed by atoms with Gasteiger partial charge in [-0.25, -0.2) is 5.43 Å². The number of hydrogen-bond donors (Lipinski definition) is 3. The number of allylic oxidation sites excluding steroid dienone is 1. The maximum absolute atomic E-state index is 12.8. The van der Waals surface area contributed by atoms with Gasteiger partial charge in [0, 0.05) is 22.9 Å². The predicted octanol–water partition coefficient (Wildman–Crippen LogP) is 2.75. The van der Waals surface area contributed by atoms with E-state index >= 15 is 0 Å². The Bertz CT molecular complexity index is 994. The number of aryl methyl sites for hydroxylation is 1. The number of anilines is 2.